The van der Waals surface area contributed by atoms with Crippen molar-refractivity contribution in [2.24, 2.45) is 0 Å². The fourth-order valence-corrected chi connectivity index (χ4v) is 2.84. The molecule has 3 rings (SSSR count). The maximum absolute atomic E-state index is 4.56. The minimum absolute atomic E-state index is 0.514. The molecule has 1 saturated carbocycles. The van der Waals surface area contributed by atoms with Crippen molar-refractivity contribution < 1.29 is 0 Å². The fraction of sp³-hybridized carbons (Fsp3) is 0.643. The fourth-order valence-electron chi connectivity index (χ4n) is 2.84. The number of anilines is 1. The van der Waals surface area contributed by atoms with E-state index >= 15 is 0 Å². The van der Waals surface area contributed by atoms with E-state index < -0.39 is 0 Å². The van der Waals surface area contributed by atoms with Gasteiger partial charge in [-0.05, 0) is 19.3 Å². The van der Waals surface area contributed by atoms with E-state index in [9.17, 15) is 0 Å². The highest BCUT2D eigenvalue weighted by Crippen LogP contribution is 2.30. The Morgan fingerprint density at radius 3 is 2.89 bits per heavy atom. The summed E-state index contributed by atoms with van der Waals surface area (Å²) in [5.74, 6) is 0.911. The van der Waals surface area contributed by atoms with Crippen LogP contribution in [0.4, 0.5) is 5.82 Å². The van der Waals surface area contributed by atoms with E-state index in [1.807, 2.05) is 6.20 Å². The first kappa shape index (κ1) is 12.4. The monoisotopic (exact) mass is 259 g/mol. The normalized spacial score (nSPS) is 16.9. The maximum atomic E-state index is 4.56. The second-order valence-electron chi connectivity index (χ2n) is 5.27. The van der Waals surface area contributed by atoms with Crippen LogP contribution < -0.4 is 5.32 Å². The van der Waals surface area contributed by atoms with Gasteiger partial charge in [-0.1, -0.05) is 26.2 Å². The second kappa shape index (κ2) is 5.55. The summed E-state index contributed by atoms with van der Waals surface area (Å²) < 4.78 is 2.10. The molecule has 19 heavy (non-hydrogen) atoms. The molecular formula is C14H21N5. The highest BCUT2D eigenvalue weighted by molar-refractivity contribution is 5.86. The predicted molar refractivity (Wildman–Crippen MR) is 76.2 cm³/mol. The van der Waals surface area contributed by atoms with Crippen LogP contribution in [0.2, 0.25) is 0 Å². The van der Waals surface area contributed by atoms with Crippen LogP contribution in [0, 0.1) is 0 Å². The standard InChI is InChI=1S/C14H21N5/c1-2-8-15-13-12-9-18-19(14(12)17-10-16-13)11-6-4-3-5-7-11/h9-11H,2-8H2,1H3,(H,15,16,17). The van der Waals surface area contributed by atoms with Crippen molar-refractivity contribution >= 4 is 16.9 Å². The Morgan fingerprint density at radius 2 is 2.11 bits per heavy atom. The van der Waals surface area contributed by atoms with Crippen molar-refractivity contribution in [2.75, 3.05) is 11.9 Å². The molecule has 5 heteroatoms. The summed E-state index contributed by atoms with van der Waals surface area (Å²) >= 11 is 0. The summed E-state index contributed by atoms with van der Waals surface area (Å²) in [6, 6.07) is 0.514. The van der Waals surface area contributed by atoms with Gasteiger partial charge in [0.05, 0.1) is 17.6 Å². The number of rotatable bonds is 4. The lowest BCUT2D eigenvalue weighted by Gasteiger charge is -2.22. The Morgan fingerprint density at radius 1 is 1.26 bits per heavy atom. The Bertz CT molecular complexity index is 542. The highest BCUT2D eigenvalue weighted by Gasteiger charge is 2.19. The molecule has 2 heterocycles. The number of nitrogens with zero attached hydrogens (tertiary/aromatic N) is 4. The van der Waals surface area contributed by atoms with Crippen LogP contribution in [-0.2, 0) is 0 Å². The molecule has 2 aromatic rings. The van der Waals surface area contributed by atoms with Gasteiger partial charge in [-0.15, -0.1) is 0 Å². The number of aromatic nitrogens is 4. The Balaban J connectivity index is 1.94. The van der Waals surface area contributed by atoms with Crippen molar-refractivity contribution in [3.8, 4) is 0 Å². The molecule has 0 amide bonds. The van der Waals surface area contributed by atoms with E-state index in [0.717, 1.165) is 29.8 Å². The minimum atomic E-state index is 0.514. The molecule has 0 aromatic carbocycles. The van der Waals surface area contributed by atoms with Crippen molar-refractivity contribution in [3.63, 3.8) is 0 Å². The van der Waals surface area contributed by atoms with Gasteiger partial charge in [0.25, 0.3) is 0 Å². The van der Waals surface area contributed by atoms with Gasteiger partial charge in [-0.25, -0.2) is 14.6 Å². The van der Waals surface area contributed by atoms with Gasteiger partial charge in [-0.3, -0.25) is 0 Å². The van der Waals surface area contributed by atoms with Crippen LogP contribution in [0.3, 0.4) is 0 Å². The molecule has 1 aliphatic carbocycles. The first-order valence-corrected chi connectivity index (χ1v) is 7.32. The lowest BCUT2D eigenvalue weighted by Crippen LogP contribution is -2.14. The largest absolute Gasteiger partial charge is 0.369 e. The number of hydrogen-bond donors (Lipinski definition) is 1. The van der Waals surface area contributed by atoms with Crippen LogP contribution in [0.5, 0.6) is 0 Å². The van der Waals surface area contributed by atoms with E-state index in [1.165, 1.54) is 32.1 Å². The van der Waals surface area contributed by atoms with E-state index in [4.69, 9.17) is 0 Å². The van der Waals surface area contributed by atoms with Crippen molar-refractivity contribution in [1.82, 2.24) is 19.7 Å². The zero-order chi connectivity index (χ0) is 13.1. The SMILES string of the molecule is CCCNc1ncnc2c1cnn2C1CCCCC1. The third kappa shape index (κ3) is 2.41. The number of nitrogens with one attached hydrogen (secondary N) is 1. The molecule has 102 valence electrons. The molecule has 0 atom stereocenters. The first-order valence-electron chi connectivity index (χ1n) is 7.32. The van der Waals surface area contributed by atoms with Crippen LogP contribution in [-0.4, -0.2) is 26.3 Å². The molecule has 1 fully saturated rings. The van der Waals surface area contributed by atoms with Crippen molar-refractivity contribution in [1.29, 1.82) is 0 Å². The molecule has 1 N–H and O–H groups in total. The number of hydrogen-bond acceptors (Lipinski definition) is 4. The lowest BCUT2D eigenvalue weighted by molar-refractivity contribution is 0.336. The summed E-state index contributed by atoms with van der Waals surface area (Å²) in [5, 5.41) is 8.95. The van der Waals surface area contributed by atoms with Crippen molar-refractivity contribution in [3.05, 3.63) is 12.5 Å². The predicted octanol–water partition coefficient (Wildman–Crippen LogP) is 3.15. The van der Waals surface area contributed by atoms with Gasteiger partial charge in [-0.2, -0.15) is 5.10 Å². The summed E-state index contributed by atoms with van der Waals surface area (Å²) in [6.45, 7) is 3.08. The van der Waals surface area contributed by atoms with E-state index in [1.54, 1.807) is 6.33 Å². The summed E-state index contributed by atoms with van der Waals surface area (Å²) in [5.41, 5.74) is 0.973. The molecule has 0 bridgehead atoms. The molecule has 0 radical (unpaired) electrons. The first-order chi connectivity index (χ1) is 9.40. The maximum Gasteiger partial charge on any atom is 0.163 e. The molecule has 1 aliphatic rings. The van der Waals surface area contributed by atoms with Gasteiger partial charge in [0.1, 0.15) is 12.1 Å². The van der Waals surface area contributed by atoms with Gasteiger partial charge < -0.3 is 5.32 Å². The average Bonchev–Trinajstić information content (AvgIpc) is 2.90. The topological polar surface area (TPSA) is 55.6 Å². The Kier molecular flexibility index (Phi) is 3.62. The molecule has 0 unspecified atom stereocenters. The summed E-state index contributed by atoms with van der Waals surface area (Å²) in [4.78, 5) is 8.76. The molecule has 0 aliphatic heterocycles. The third-order valence-electron chi connectivity index (χ3n) is 3.85. The van der Waals surface area contributed by atoms with E-state index in [0.29, 0.717) is 6.04 Å². The Hall–Kier alpha value is -1.65. The Labute approximate surface area is 113 Å². The van der Waals surface area contributed by atoms with Gasteiger partial charge >= 0.3 is 0 Å². The second-order valence-corrected chi connectivity index (χ2v) is 5.27. The van der Waals surface area contributed by atoms with E-state index in [2.05, 4.69) is 32.0 Å². The zero-order valence-electron chi connectivity index (χ0n) is 11.5. The average molecular weight is 259 g/mol. The summed E-state index contributed by atoms with van der Waals surface area (Å²) in [6.07, 6.45) is 11.0. The molecule has 5 nitrogen and oxygen atoms in total. The molecular weight excluding hydrogens is 238 g/mol. The van der Waals surface area contributed by atoms with Crippen LogP contribution in [0.15, 0.2) is 12.5 Å². The smallest absolute Gasteiger partial charge is 0.163 e. The van der Waals surface area contributed by atoms with Gasteiger partial charge in [0, 0.05) is 6.54 Å². The van der Waals surface area contributed by atoms with Crippen LogP contribution >= 0.6 is 0 Å². The van der Waals surface area contributed by atoms with Crippen LogP contribution in [0.1, 0.15) is 51.5 Å². The zero-order valence-corrected chi connectivity index (χ0v) is 11.5. The van der Waals surface area contributed by atoms with Crippen molar-refractivity contribution in [2.45, 2.75) is 51.5 Å². The van der Waals surface area contributed by atoms with Gasteiger partial charge in [0.2, 0.25) is 0 Å². The highest BCUT2D eigenvalue weighted by atomic mass is 15.3. The number of fused-ring (bicyclic) bond motifs is 1. The third-order valence-corrected chi connectivity index (χ3v) is 3.85. The van der Waals surface area contributed by atoms with Crippen LogP contribution in [0.25, 0.3) is 11.0 Å². The molecule has 0 saturated heterocycles. The van der Waals surface area contributed by atoms with E-state index in [-0.39, 0.29) is 0 Å². The quantitative estimate of drug-likeness (QED) is 0.916. The molecule has 2 aromatic heterocycles. The molecule has 0 spiro atoms. The van der Waals surface area contributed by atoms with Gasteiger partial charge in [0.15, 0.2) is 5.65 Å². The summed E-state index contributed by atoms with van der Waals surface area (Å²) in [7, 11) is 0. The lowest BCUT2D eigenvalue weighted by atomic mass is 9.96. The minimum Gasteiger partial charge on any atom is -0.369 e.